The molecule has 32 heavy (non-hydrogen) atoms. The van der Waals surface area contributed by atoms with Crippen LogP contribution in [-0.2, 0) is 5.41 Å². The quantitative estimate of drug-likeness (QED) is 0.395. The summed E-state index contributed by atoms with van der Waals surface area (Å²) in [6.45, 7) is 2.42. The minimum absolute atomic E-state index is 0.0188. The third kappa shape index (κ3) is 3.86. The molecule has 4 aromatic rings. The molecule has 164 valence electrons. The van der Waals surface area contributed by atoms with Gasteiger partial charge in [-0.25, -0.2) is 9.97 Å². The summed E-state index contributed by atoms with van der Waals surface area (Å²) in [5.41, 5.74) is 8.47. The highest BCUT2D eigenvalue weighted by Gasteiger charge is 2.35. The van der Waals surface area contributed by atoms with Crippen LogP contribution < -0.4 is 10.6 Å². The average molecular weight is 484 g/mol. The first-order chi connectivity index (χ1) is 15.6. The van der Waals surface area contributed by atoms with Gasteiger partial charge < -0.3 is 10.6 Å². The van der Waals surface area contributed by atoms with E-state index in [0.717, 1.165) is 47.3 Å². The molecule has 8 heteroatoms. The highest BCUT2D eigenvalue weighted by atomic mass is 35.5. The number of halogens is 2. The Kier molecular flexibility index (Phi) is 6.03. The molecule has 2 aromatic heterocycles. The Morgan fingerprint density at radius 1 is 0.969 bits per heavy atom. The molecule has 1 fully saturated rings. The molecule has 0 saturated carbocycles. The second kappa shape index (κ2) is 8.94. The van der Waals surface area contributed by atoms with Gasteiger partial charge in [0, 0.05) is 48.5 Å². The predicted molar refractivity (Wildman–Crippen MR) is 132 cm³/mol. The summed E-state index contributed by atoms with van der Waals surface area (Å²) in [4.78, 5) is 13.6. The van der Waals surface area contributed by atoms with Gasteiger partial charge in [-0.15, -0.1) is 0 Å². The number of fused-ring (bicyclic) bond motifs is 1. The highest BCUT2D eigenvalue weighted by molar-refractivity contribution is 7.99. The van der Waals surface area contributed by atoms with Gasteiger partial charge >= 0.3 is 0 Å². The molecule has 0 spiro atoms. The lowest BCUT2D eigenvalue weighted by molar-refractivity contribution is 0.337. The fourth-order valence-corrected chi connectivity index (χ4v) is 5.81. The highest BCUT2D eigenvalue weighted by Crippen LogP contribution is 2.40. The lowest BCUT2D eigenvalue weighted by atomic mass is 9.73. The van der Waals surface area contributed by atoms with Crippen LogP contribution >= 0.6 is 35.0 Å². The van der Waals surface area contributed by atoms with Crippen molar-refractivity contribution in [2.24, 2.45) is 5.73 Å². The van der Waals surface area contributed by atoms with Gasteiger partial charge in [-0.1, -0.05) is 71.4 Å². The molecule has 0 unspecified atom stereocenters. The molecule has 0 radical (unpaired) electrons. The normalized spacial score (nSPS) is 15.9. The zero-order valence-corrected chi connectivity index (χ0v) is 19.7. The zero-order chi connectivity index (χ0) is 22.1. The van der Waals surface area contributed by atoms with Gasteiger partial charge in [0.25, 0.3) is 0 Å². The number of rotatable bonds is 5. The maximum absolute atomic E-state index is 6.39. The van der Waals surface area contributed by atoms with Crippen molar-refractivity contribution in [3.8, 4) is 0 Å². The summed E-state index contributed by atoms with van der Waals surface area (Å²) >= 11 is 14.1. The zero-order valence-electron chi connectivity index (χ0n) is 17.4. The van der Waals surface area contributed by atoms with Crippen LogP contribution in [0.2, 0.25) is 10.0 Å². The largest absolute Gasteiger partial charge is 0.342 e. The third-order valence-electron chi connectivity index (χ3n) is 6.29. The van der Waals surface area contributed by atoms with Crippen LogP contribution in [0.3, 0.4) is 0 Å². The van der Waals surface area contributed by atoms with E-state index in [1.807, 2.05) is 30.7 Å². The van der Waals surface area contributed by atoms with Crippen LogP contribution in [0, 0.1) is 0 Å². The summed E-state index contributed by atoms with van der Waals surface area (Å²) in [5.74, 6) is 0.901. The maximum Gasteiger partial charge on any atom is 0.211 e. The molecule has 0 atom stereocenters. The van der Waals surface area contributed by atoms with Crippen LogP contribution in [0.25, 0.3) is 5.65 Å². The Morgan fingerprint density at radius 2 is 1.75 bits per heavy atom. The molecule has 5 rings (SSSR count). The number of benzene rings is 2. The SMILES string of the molecule is NCC1(c2ccccc2)CCN(c2ncc(Sc3cccc(Cl)c3Cl)c3nccn23)CC1. The van der Waals surface area contributed by atoms with E-state index in [2.05, 4.69) is 44.6 Å². The fourth-order valence-electron chi connectivity index (χ4n) is 4.41. The second-order valence-corrected chi connectivity index (χ2v) is 9.90. The molecule has 1 aliphatic heterocycles. The van der Waals surface area contributed by atoms with Crippen molar-refractivity contribution >= 4 is 46.6 Å². The molecule has 5 nitrogen and oxygen atoms in total. The Hall–Kier alpha value is -2.25. The van der Waals surface area contributed by atoms with Crippen LogP contribution in [-0.4, -0.2) is 34.0 Å². The Bertz CT molecular complexity index is 1240. The van der Waals surface area contributed by atoms with E-state index in [1.54, 1.807) is 6.07 Å². The van der Waals surface area contributed by atoms with Crippen molar-refractivity contribution in [2.45, 2.75) is 28.0 Å². The summed E-state index contributed by atoms with van der Waals surface area (Å²) in [7, 11) is 0. The first-order valence-corrected chi connectivity index (χ1v) is 12.1. The van der Waals surface area contributed by atoms with Gasteiger partial charge in [0.1, 0.15) is 0 Å². The Labute approximate surface area is 201 Å². The molecule has 2 aromatic carbocycles. The summed E-state index contributed by atoms with van der Waals surface area (Å²) < 4.78 is 2.05. The summed E-state index contributed by atoms with van der Waals surface area (Å²) in [6, 6.07) is 16.3. The number of piperidine rings is 1. The van der Waals surface area contributed by atoms with Crippen LogP contribution in [0.15, 0.2) is 76.9 Å². The molecule has 0 amide bonds. The molecular weight excluding hydrogens is 461 g/mol. The molecular formula is C24H23Cl2N5S. The maximum atomic E-state index is 6.39. The van der Waals surface area contributed by atoms with Crippen LogP contribution in [0.4, 0.5) is 5.95 Å². The fraction of sp³-hybridized carbons (Fsp3) is 0.250. The van der Waals surface area contributed by atoms with Gasteiger partial charge in [-0.05, 0) is 30.5 Å². The Morgan fingerprint density at radius 3 is 2.50 bits per heavy atom. The molecule has 1 saturated heterocycles. The van der Waals surface area contributed by atoms with Crippen LogP contribution in [0.5, 0.6) is 0 Å². The molecule has 0 aliphatic carbocycles. The Balaban J connectivity index is 1.41. The number of nitrogens with two attached hydrogens (primary N) is 1. The van der Waals surface area contributed by atoms with Crippen molar-refractivity contribution in [3.05, 3.63) is 82.7 Å². The summed E-state index contributed by atoms with van der Waals surface area (Å²) in [5, 5.41) is 1.08. The van der Waals surface area contributed by atoms with Gasteiger partial charge in [0.2, 0.25) is 5.95 Å². The van der Waals surface area contributed by atoms with E-state index in [1.165, 1.54) is 17.3 Å². The average Bonchev–Trinajstić information content (AvgIpc) is 3.33. The van der Waals surface area contributed by atoms with Gasteiger partial charge in [0.15, 0.2) is 5.65 Å². The van der Waals surface area contributed by atoms with Crippen molar-refractivity contribution < 1.29 is 0 Å². The predicted octanol–water partition coefficient (Wildman–Crippen LogP) is 5.68. The number of hydrogen-bond donors (Lipinski definition) is 1. The van der Waals surface area contributed by atoms with Crippen LogP contribution in [0.1, 0.15) is 18.4 Å². The van der Waals surface area contributed by atoms with Gasteiger partial charge in [-0.3, -0.25) is 4.40 Å². The van der Waals surface area contributed by atoms with Crippen molar-refractivity contribution in [1.82, 2.24) is 14.4 Å². The number of aromatic nitrogens is 3. The van der Waals surface area contributed by atoms with E-state index < -0.39 is 0 Å². The van der Waals surface area contributed by atoms with Crippen molar-refractivity contribution in [1.29, 1.82) is 0 Å². The van der Waals surface area contributed by atoms with E-state index in [-0.39, 0.29) is 5.41 Å². The minimum atomic E-state index is 0.0188. The van der Waals surface area contributed by atoms with Gasteiger partial charge in [-0.2, -0.15) is 0 Å². The molecule has 3 heterocycles. The number of nitrogens with zero attached hydrogens (tertiary/aromatic N) is 4. The number of anilines is 1. The van der Waals surface area contributed by atoms with Gasteiger partial charge in [0.05, 0.1) is 14.9 Å². The lowest BCUT2D eigenvalue weighted by Crippen LogP contribution is -2.47. The first kappa shape index (κ1) is 21.6. The van der Waals surface area contributed by atoms with E-state index in [9.17, 15) is 0 Å². The molecule has 2 N–H and O–H groups in total. The number of imidazole rings is 1. The van der Waals surface area contributed by atoms with E-state index in [4.69, 9.17) is 33.9 Å². The number of hydrogen-bond acceptors (Lipinski definition) is 5. The third-order valence-corrected chi connectivity index (χ3v) is 8.29. The molecule has 1 aliphatic rings. The minimum Gasteiger partial charge on any atom is -0.342 e. The second-order valence-electron chi connectivity index (χ2n) is 8.03. The van der Waals surface area contributed by atoms with E-state index in [0.29, 0.717) is 16.6 Å². The summed E-state index contributed by atoms with van der Waals surface area (Å²) in [6.07, 6.45) is 7.62. The standard InChI is InChI=1S/C24H23Cl2N5S/c25-18-7-4-8-19(21(18)26)32-20-15-29-23(31-14-11-28-22(20)31)30-12-9-24(16-27,10-13-30)17-5-2-1-3-6-17/h1-8,11,14-15H,9-10,12-13,16,27H2. The van der Waals surface area contributed by atoms with Crippen molar-refractivity contribution in [3.63, 3.8) is 0 Å². The van der Waals surface area contributed by atoms with E-state index >= 15 is 0 Å². The smallest absolute Gasteiger partial charge is 0.211 e. The lowest BCUT2D eigenvalue weighted by Gasteiger charge is -2.42. The van der Waals surface area contributed by atoms with Crippen molar-refractivity contribution in [2.75, 3.05) is 24.5 Å². The monoisotopic (exact) mass is 483 g/mol. The first-order valence-electron chi connectivity index (χ1n) is 10.6. The topological polar surface area (TPSA) is 59.5 Å². The molecule has 0 bridgehead atoms.